The van der Waals surface area contributed by atoms with Gasteiger partial charge in [0, 0.05) is 19.1 Å². The molecule has 2 aromatic carbocycles. The maximum absolute atomic E-state index is 6.28. The summed E-state index contributed by atoms with van der Waals surface area (Å²) in [6.07, 6.45) is 1.83. The number of rotatable bonds is 3. The lowest BCUT2D eigenvalue weighted by atomic mass is 9.76. The first-order valence-corrected chi connectivity index (χ1v) is 8.15. The summed E-state index contributed by atoms with van der Waals surface area (Å²) in [5, 5.41) is 1.18. The molecular weight excluding hydrogens is 317 g/mol. The summed E-state index contributed by atoms with van der Waals surface area (Å²) in [6.45, 7) is 0.625. The van der Waals surface area contributed by atoms with E-state index in [-0.39, 0.29) is 12.0 Å². The molecule has 2 unspecified atom stereocenters. The molecule has 2 aromatic rings. The van der Waals surface area contributed by atoms with Crippen LogP contribution in [0.25, 0.3) is 0 Å². The molecule has 0 amide bonds. The van der Waals surface area contributed by atoms with Crippen molar-refractivity contribution in [3.63, 3.8) is 0 Å². The number of fused-ring (bicyclic) bond motifs is 1. The summed E-state index contributed by atoms with van der Waals surface area (Å²) in [4.78, 5) is 0. The molecule has 4 heteroatoms. The monoisotopic (exact) mass is 335 g/mol. The highest BCUT2D eigenvalue weighted by Crippen LogP contribution is 2.38. The molecule has 116 valence electrons. The van der Waals surface area contributed by atoms with E-state index in [2.05, 4.69) is 18.2 Å². The van der Waals surface area contributed by atoms with Crippen LogP contribution >= 0.6 is 23.2 Å². The Morgan fingerprint density at radius 1 is 1.14 bits per heavy atom. The maximum atomic E-state index is 6.28. The summed E-state index contributed by atoms with van der Waals surface area (Å²) in [5.41, 5.74) is 11.3. The predicted molar refractivity (Wildman–Crippen MR) is 91.8 cm³/mol. The standard InChI is InChI=1S/C18H19Cl2NO/c1-22-10-11-2-4-15-13(6-11)7-14(21)9-16(15)12-3-5-17(19)18(20)8-12/h2-6,8,14,16H,7,9-10,21H2,1H3. The number of hydrogen-bond acceptors (Lipinski definition) is 2. The van der Waals surface area contributed by atoms with E-state index >= 15 is 0 Å². The van der Waals surface area contributed by atoms with E-state index in [0.717, 1.165) is 12.8 Å². The van der Waals surface area contributed by atoms with E-state index in [9.17, 15) is 0 Å². The van der Waals surface area contributed by atoms with Crippen molar-refractivity contribution in [2.24, 2.45) is 5.73 Å². The Bertz CT molecular complexity index is 687. The highest BCUT2D eigenvalue weighted by Gasteiger charge is 2.26. The van der Waals surface area contributed by atoms with Crippen molar-refractivity contribution in [1.29, 1.82) is 0 Å². The van der Waals surface area contributed by atoms with Gasteiger partial charge in [-0.1, -0.05) is 47.5 Å². The molecule has 2 N–H and O–H groups in total. The Hall–Kier alpha value is -1.06. The molecule has 0 bridgehead atoms. The average molecular weight is 336 g/mol. The van der Waals surface area contributed by atoms with Crippen molar-refractivity contribution in [3.05, 3.63) is 68.7 Å². The molecule has 0 fully saturated rings. The first-order valence-electron chi connectivity index (χ1n) is 7.39. The smallest absolute Gasteiger partial charge is 0.0713 e. The van der Waals surface area contributed by atoms with Gasteiger partial charge < -0.3 is 10.5 Å². The van der Waals surface area contributed by atoms with Crippen LogP contribution in [0.15, 0.2) is 36.4 Å². The average Bonchev–Trinajstić information content (AvgIpc) is 2.49. The Labute approximate surface area is 141 Å². The van der Waals surface area contributed by atoms with E-state index in [1.807, 2.05) is 18.2 Å². The van der Waals surface area contributed by atoms with E-state index in [4.69, 9.17) is 33.7 Å². The molecular formula is C18H19Cl2NO. The SMILES string of the molecule is COCc1ccc2c(c1)CC(N)CC2c1ccc(Cl)c(Cl)c1. The summed E-state index contributed by atoms with van der Waals surface area (Å²) in [5.74, 6) is 0.269. The normalized spacial score (nSPS) is 20.7. The van der Waals surface area contributed by atoms with E-state index in [1.54, 1.807) is 7.11 Å². The van der Waals surface area contributed by atoms with Crippen LogP contribution in [0.2, 0.25) is 10.0 Å². The van der Waals surface area contributed by atoms with Crippen molar-refractivity contribution in [1.82, 2.24) is 0 Å². The minimum Gasteiger partial charge on any atom is -0.380 e. The largest absolute Gasteiger partial charge is 0.380 e. The highest BCUT2D eigenvalue weighted by atomic mass is 35.5. The molecule has 0 saturated carbocycles. The van der Waals surface area contributed by atoms with Gasteiger partial charge in [0.25, 0.3) is 0 Å². The zero-order valence-electron chi connectivity index (χ0n) is 12.5. The fourth-order valence-corrected chi connectivity index (χ4v) is 3.58. The molecule has 0 radical (unpaired) electrons. The summed E-state index contributed by atoms with van der Waals surface area (Å²) in [7, 11) is 1.71. The van der Waals surface area contributed by atoms with Gasteiger partial charge in [-0.2, -0.15) is 0 Å². The third kappa shape index (κ3) is 3.16. The first-order chi connectivity index (χ1) is 10.6. The third-order valence-corrected chi connectivity index (χ3v) is 5.00. The van der Waals surface area contributed by atoms with Gasteiger partial charge in [-0.15, -0.1) is 0 Å². The van der Waals surface area contributed by atoms with Crippen LogP contribution in [0.5, 0.6) is 0 Å². The van der Waals surface area contributed by atoms with Gasteiger partial charge >= 0.3 is 0 Å². The van der Waals surface area contributed by atoms with Gasteiger partial charge in [-0.3, -0.25) is 0 Å². The number of nitrogens with two attached hydrogens (primary N) is 1. The van der Waals surface area contributed by atoms with Gasteiger partial charge in [-0.25, -0.2) is 0 Å². The lowest BCUT2D eigenvalue weighted by Crippen LogP contribution is -2.31. The van der Waals surface area contributed by atoms with Crippen LogP contribution < -0.4 is 5.73 Å². The molecule has 3 rings (SSSR count). The van der Waals surface area contributed by atoms with Crippen LogP contribution in [0.4, 0.5) is 0 Å². The zero-order valence-corrected chi connectivity index (χ0v) is 14.0. The lowest BCUT2D eigenvalue weighted by Gasteiger charge is -2.30. The molecule has 22 heavy (non-hydrogen) atoms. The van der Waals surface area contributed by atoms with E-state index in [0.29, 0.717) is 16.7 Å². The van der Waals surface area contributed by atoms with Crippen molar-refractivity contribution in [2.75, 3.05) is 7.11 Å². The molecule has 1 aliphatic carbocycles. The molecule has 0 aromatic heterocycles. The van der Waals surface area contributed by atoms with Gasteiger partial charge in [0.15, 0.2) is 0 Å². The zero-order chi connectivity index (χ0) is 15.7. The minimum absolute atomic E-state index is 0.157. The molecule has 0 saturated heterocycles. The second-order valence-corrected chi connectivity index (χ2v) is 6.71. The van der Waals surface area contributed by atoms with Crippen LogP contribution in [0.1, 0.15) is 34.6 Å². The molecule has 1 aliphatic rings. The molecule has 0 heterocycles. The van der Waals surface area contributed by atoms with Crippen LogP contribution in [-0.2, 0) is 17.8 Å². The number of halogens is 2. The van der Waals surface area contributed by atoms with Gasteiger partial charge in [0.1, 0.15) is 0 Å². The topological polar surface area (TPSA) is 35.2 Å². The second-order valence-electron chi connectivity index (χ2n) is 5.89. The fraction of sp³-hybridized carbons (Fsp3) is 0.333. The van der Waals surface area contributed by atoms with E-state index in [1.165, 1.54) is 22.3 Å². The fourth-order valence-electron chi connectivity index (χ4n) is 3.27. The Kier molecular flexibility index (Phi) is 4.74. The molecule has 2 atom stereocenters. The Morgan fingerprint density at radius 3 is 2.68 bits per heavy atom. The van der Waals surface area contributed by atoms with Crippen molar-refractivity contribution in [2.45, 2.75) is 31.4 Å². The Balaban J connectivity index is 2.01. The van der Waals surface area contributed by atoms with Crippen LogP contribution in [0, 0.1) is 0 Å². The number of ether oxygens (including phenoxy) is 1. The second kappa shape index (κ2) is 6.59. The first kappa shape index (κ1) is 15.8. The Morgan fingerprint density at radius 2 is 1.95 bits per heavy atom. The predicted octanol–water partition coefficient (Wildman–Crippen LogP) is 4.55. The number of benzene rings is 2. The molecule has 0 aliphatic heterocycles. The number of methoxy groups -OCH3 is 1. The van der Waals surface area contributed by atoms with Gasteiger partial charge in [-0.05, 0) is 47.2 Å². The van der Waals surface area contributed by atoms with Gasteiger partial charge in [0.2, 0.25) is 0 Å². The third-order valence-electron chi connectivity index (χ3n) is 4.26. The minimum atomic E-state index is 0.157. The van der Waals surface area contributed by atoms with E-state index < -0.39 is 0 Å². The van der Waals surface area contributed by atoms with Crippen LogP contribution in [0.3, 0.4) is 0 Å². The summed E-state index contributed by atoms with van der Waals surface area (Å²) in [6, 6.07) is 12.6. The number of hydrogen-bond donors (Lipinski definition) is 1. The molecule has 0 spiro atoms. The van der Waals surface area contributed by atoms with Crippen molar-refractivity contribution < 1.29 is 4.74 Å². The lowest BCUT2D eigenvalue weighted by molar-refractivity contribution is 0.185. The summed E-state index contributed by atoms with van der Waals surface area (Å²) >= 11 is 12.2. The van der Waals surface area contributed by atoms with Crippen LogP contribution in [-0.4, -0.2) is 13.2 Å². The maximum Gasteiger partial charge on any atom is 0.0713 e. The van der Waals surface area contributed by atoms with Crippen molar-refractivity contribution in [3.8, 4) is 0 Å². The molecule has 2 nitrogen and oxygen atoms in total. The highest BCUT2D eigenvalue weighted by molar-refractivity contribution is 6.42. The quantitative estimate of drug-likeness (QED) is 0.893. The van der Waals surface area contributed by atoms with Crippen molar-refractivity contribution >= 4 is 23.2 Å². The summed E-state index contributed by atoms with van der Waals surface area (Å²) < 4.78 is 5.22. The van der Waals surface area contributed by atoms with Gasteiger partial charge in [0.05, 0.1) is 16.7 Å².